The molecule has 3 amide bonds. The van der Waals surface area contributed by atoms with Gasteiger partial charge in [-0.3, -0.25) is 14.4 Å². The summed E-state index contributed by atoms with van der Waals surface area (Å²) in [6.45, 7) is 0.566. The van der Waals surface area contributed by atoms with Gasteiger partial charge in [-0.1, -0.05) is 12.1 Å². The van der Waals surface area contributed by atoms with Crippen molar-refractivity contribution in [3.8, 4) is 0 Å². The summed E-state index contributed by atoms with van der Waals surface area (Å²) < 4.78 is 0. The molecule has 2 heterocycles. The van der Waals surface area contributed by atoms with Crippen molar-refractivity contribution in [2.24, 2.45) is 5.73 Å². The monoisotopic (exact) mass is 343 g/mol. The topological polar surface area (TPSA) is 92.5 Å². The van der Waals surface area contributed by atoms with Crippen LogP contribution in [-0.2, 0) is 4.79 Å². The minimum atomic E-state index is -0.554. The van der Waals surface area contributed by atoms with Crippen LogP contribution in [0, 0.1) is 0 Å². The Morgan fingerprint density at radius 2 is 2.04 bits per heavy atom. The lowest BCUT2D eigenvalue weighted by Gasteiger charge is -2.23. The Balaban J connectivity index is 1.73. The number of nitrogens with zero attached hydrogens (tertiary/aromatic N) is 1. The summed E-state index contributed by atoms with van der Waals surface area (Å²) in [4.78, 5) is 38.5. The second kappa shape index (κ2) is 6.84. The van der Waals surface area contributed by atoms with Gasteiger partial charge in [-0.15, -0.1) is 11.3 Å². The Kier molecular flexibility index (Phi) is 4.61. The smallest absolute Gasteiger partial charge is 0.264 e. The highest BCUT2D eigenvalue weighted by Crippen LogP contribution is 2.23. The molecule has 1 aliphatic rings. The maximum absolute atomic E-state index is 12.6. The summed E-state index contributed by atoms with van der Waals surface area (Å²) in [6, 6.07) is 9.52. The van der Waals surface area contributed by atoms with E-state index in [1.807, 2.05) is 11.4 Å². The van der Waals surface area contributed by atoms with Crippen LogP contribution in [0.4, 0.5) is 5.69 Å². The van der Waals surface area contributed by atoms with E-state index < -0.39 is 11.9 Å². The van der Waals surface area contributed by atoms with Gasteiger partial charge in [0, 0.05) is 17.8 Å². The summed E-state index contributed by atoms with van der Waals surface area (Å²) in [7, 11) is 0. The van der Waals surface area contributed by atoms with Gasteiger partial charge in [0.1, 0.15) is 6.04 Å². The molecule has 1 aromatic carbocycles. The Morgan fingerprint density at radius 1 is 1.21 bits per heavy atom. The molecule has 1 aliphatic heterocycles. The molecule has 6 nitrogen and oxygen atoms in total. The molecule has 1 aromatic heterocycles. The zero-order chi connectivity index (χ0) is 17.1. The molecule has 1 saturated heterocycles. The Labute approximate surface area is 143 Å². The fourth-order valence-electron chi connectivity index (χ4n) is 2.80. The van der Waals surface area contributed by atoms with E-state index >= 15 is 0 Å². The van der Waals surface area contributed by atoms with Gasteiger partial charge < -0.3 is 16.0 Å². The summed E-state index contributed by atoms with van der Waals surface area (Å²) in [5, 5.41) is 4.61. The molecule has 3 rings (SSSR count). The van der Waals surface area contributed by atoms with Crippen LogP contribution in [0.2, 0.25) is 0 Å². The molecule has 3 N–H and O–H groups in total. The fraction of sp³-hybridized carbons (Fsp3) is 0.235. The summed E-state index contributed by atoms with van der Waals surface area (Å²) >= 11 is 1.37. The number of thiophene rings is 1. The van der Waals surface area contributed by atoms with Crippen LogP contribution in [0.25, 0.3) is 0 Å². The van der Waals surface area contributed by atoms with Gasteiger partial charge in [0.2, 0.25) is 11.8 Å². The number of anilines is 1. The molecule has 124 valence electrons. The molecule has 2 aromatic rings. The molecule has 0 spiro atoms. The third-order valence-electron chi connectivity index (χ3n) is 3.96. The largest absolute Gasteiger partial charge is 0.366 e. The molecular formula is C17H17N3O3S. The lowest BCUT2D eigenvalue weighted by molar-refractivity contribution is -0.119. The maximum Gasteiger partial charge on any atom is 0.264 e. The van der Waals surface area contributed by atoms with Crippen LogP contribution >= 0.6 is 11.3 Å². The number of nitrogens with one attached hydrogen (secondary N) is 1. The number of nitrogens with two attached hydrogens (primary N) is 1. The van der Waals surface area contributed by atoms with Gasteiger partial charge in [-0.05, 0) is 42.5 Å². The highest BCUT2D eigenvalue weighted by atomic mass is 32.1. The first kappa shape index (κ1) is 16.2. The number of primary amides is 1. The first-order chi connectivity index (χ1) is 11.6. The van der Waals surface area contributed by atoms with E-state index in [0.717, 1.165) is 6.42 Å². The highest BCUT2D eigenvalue weighted by molar-refractivity contribution is 7.12. The molecule has 0 radical (unpaired) electrons. The van der Waals surface area contributed by atoms with Crippen LogP contribution in [-0.4, -0.2) is 35.2 Å². The Hall–Kier alpha value is -2.67. The van der Waals surface area contributed by atoms with Gasteiger partial charge in [-0.25, -0.2) is 0 Å². The second-order valence-corrected chi connectivity index (χ2v) is 6.52. The van der Waals surface area contributed by atoms with Gasteiger partial charge in [0.15, 0.2) is 0 Å². The number of rotatable bonds is 4. The lowest BCUT2D eigenvalue weighted by Crippen LogP contribution is -2.43. The normalized spacial score (nSPS) is 16.8. The highest BCUT2D eigenvalue weighted by Gasteiger charge is 2.34. The number of benzene rings is 1. The molecular weight excluding hydrogens is 326 g/mol. The number of carbonyl (C=O) groups is 3. The van der Waals surface area contributed by atoms with Crippen LogP contribution < -0.4 is 11.1 Å². The van der Waals surface area contributed by atoms with E-state index in [0.29, 0.717) is 29.1 Å². The molecule has 0 saturated carbocycles. The summed E-state index contributed by atoms with van der Waals surface area (Å²) in [5.41, 5.74) is 6.07. The van der Waals surface area contributed by atoms with Gasteiger partial charge in [-0.2, -0.15) is 0 Å². The van der Waals surface area contributed by atoms with Crippen molar-refractivity contribution in [2.75, 3.05) is 11.9 Å². The summed E-state index contributed by atoms with van der Waals surface area (Å²) in [6.07, 6.45) is 1.41. The minimum Gasteiger partial charge on any atom is -0.366 e. The molecule has 24 heavy (non-hydrogen) atoms. The third-order valence-corrected chi connectivity index (χ3v) is 4.82. The van der Waals surface area contributed by atoms with Crippen molar-refractivity contribution in [3.05, 3.63) is 52.2 Å². The van der Waals surface area contributed by atoms with E-state index in [2.05, 4.69) is 5.32 Å². The predicted molar refractivity (Wildman–Crippen MR) is 92.0 cm³/mol. The van der Waals surface area contributed by atoms with Crippen LogP contribution in [0.3, 0.4) is 0 Å². The number of likely N-dealkylation sites (tertiary alicyclic amines) is 1. The average molecular weight is 343 g/mol. The van der Waals surface area contributed by atoms with Crippen LogP contribution in [0.15, 0.2) is 41.8 Å². The van der Waals surface area contributed by atoms with E-state index in [9.17, 15) is 14.4 Å². The standard InChI is InChI=1S/C17H17N3O3S/c18-15(21)11-4-1-5-12(10-11)19-16(22)13-6-2-8-20(13)17(23)14-7-3-9-24-14/h1,3-5,7,9-10,13H,2,6,8H2,(H2,18,21)(H,19,22). The van der Waals surface area contributed by atoms with Crippen molar-refractivity contribution in [1.82, 2.24) is 4.90 Å². The van der Waals surface area contributed by atoms with Crippen molar-refractivity contribution in [2.45, 2.75) is 18.9 Å². The number of amides is 3. The summed E-state index contributed by atoms with van der Waals surface area (Å²) in [5.74, 6) is -0.922. The first-order valence-corrected chi connectivity index (χ1v) is 8.49. The maximum atomic E-state index is 12.6. The Morgan fingerprint density at radius 3 is 2.75 bits per heavy atom. The molecule has 1 fully saturated rings. The number of hydrogen-bond acceptors (Lipinski definition) is 4. The molecule has 7 heteroatoms. The predicted octanol–water partition coefficient (Wildman–Crippen LogP) is 2.09. The third kappa shape index (κ3) is 3.30. The zero-order valence-electron chi connectivity index (χ0n) is 12.9. The Bertz CT molecular complexity index is 773. The SMILES string of the molecule is NC(=O)c1cccc(NC(=O)C2CCCN2C(=O)c2cccs2)c1. The second-order valence-electron chi connectivity index (χ2n) is 5.57. The lowest BCUT2D eigenvalue weighted by atomic mass is 10.1. The van der Waals surface area contributed by atoms with Gasteiger partial charge >= 0.3 is 0 Å². The molecule has 0 bridgehead atoms. The van der Waals surface area contributed by atoms with Gasteiger partial charge in [0.05, 0.1) is 4.88 Å². The number of hydrogen-bond donors (Lipinski definition) is 2. The van der Waals surface area contributed by atoms with E-state index in [4.69, 9.17) is 5.73 Å². The van der Waals surface area contributed by atoms with E-state index in [-0.39, 0.29) is 11.8 Å². The minimum absolute atomic E-state index is 0.117. The molecule has 1 atom stereocenters. The molecule has 0 aliphatic carbocycles. The van der Waals surface area contributed by atoms with Gasteiger partial charge in [0.25, 0.3) is 5.91 Å². The van der Waals surface area contributed by atoms with E-state index in [1.54, 1.807) is 29.2 Å². The van der Waals surface area contributed by atoms with Crippen molar-refractivity contribution in [1.29, 1.82) is 0 Å². The van der Waals surface area contributed by atoms with Crippen LogP contribution in [0.1, 0.15) is 32.9 Å². The first-order valence-electron chi connectivity index (χ1n) is 7.61. The van der Waals surface area contributed by atoms with Crippen molar-refractivity contribution in [3.63, 3.8) is 0 Å². The molecule has 1 unspecified atom stereocenters. The fourth-order valence-corrected chi connectivity index (χ4v) is 3.48. The zero-order valence-corrected chi connectivity index (χ0v) is 13.7. The van der Waals surface area contributed by atoms with Crippen molar-refractivity contribution >= 4 is 34.7 Å². The van der Waals surface area contributed by atoms with Crippen LogP contribution in [0.5, 0.6) is 0 Å². The average Bonchev–Trinajstić information content (AvgIpc) is 3.26. The quantitative estimate of drug-likeness (QED) is 0.890. The van der Waals surface area contributed by atoms with Crippen molar-refractivity contribution < 1.29 is 14.4 Å². The van der Waals surface area contributed by atoms with E-state index in [1.165, 1.54) is 17.4 Å². The number of carbonyl (C=O) groups excluding carboxylic acids is 3.